The zero-order chi connectivity index (χ0) is 18.1. The summed E-state index contributed by atoms with van der Waals surface area (Å²) in [5, 5.41) is 2.29. The van der Waals surface area contributed by atoms with Gasteiger partial charge in [-0.05, 0) is 42.0 Å². The van der Waals surface area contributed by atoms with Crippen LogP contribution in [0.2, 0.25) is 10.0 Å². The van der Waals surface area contributed by atoms with Gasteiger partial charge in [-0.1, -0.05) is 29.3 Å². The van der Waals surface area contributed by atoms with Crippen LogP contribution < -0.4 is 10.5 Å². The van der Waals surface area contributed by atoms with Crippen molar-refractivity contribution < 1.29 is 4.42 Å². The first-order valence-corrected chi connectivity index (χ1v) is 9.29. The first kappa shape index (κ1) is 17.4. The Morgan fingerprint density at radius 3 is 2.46 bits per heavy atom. The summed E-state index contributed by atoms with van der Waals surface area (Å²) in [7, 11) is 0. The second-order valence-corrected chi connectivity index (χ2v) is 7.35. The van der Waals surface area contributed by atoms with Gasteiger partial charge in [-0.25, -0.2) is 4.79 Å². The first-order chi connectivity index (χ1) is 12.6. The summed E-state index contributed by atoms with van der Waals surface area (Å²) < 4.78 is 5.28. The molecule has 1 aromatic heterocycles. The maximum atomic E-state index is 11.9. The molecule has 0 atom stereocenters. The fraction of sp³-hybridized carbons (Fsp3) is 0.250. The van der Waals surface area contributed by atoms with Crippen LogP contribution in [0.3, 0.4) is 0 Å². The van der Waals surface area contributed by atoms with Crippen molar-refractivity contribution in [3.8, 4) is 0 Å². The first-order valence-electron chi connectivity index (χ1n) is 8.54. The minimum absolute atomic E-state index is 0.326. The average molecular weight is 389 g/mol. The summed E-state index contributed by atoms with van der Waals surface area (Å²) in [6, 6.07) is 14.9. The minimum atomic E-state index is -0.326. The van der Waals surface area contributed by atoms with Crippen LogP contribution in [0, 0.1) is 0 Å². The molecular weight excluding hydrogens is 371 g/mol. The van der Waals surface area contributed by atoms with Crippen LogP contribution in [0.1, 0.15) is 5.56 Å². The smallest absolute Gasteiger partial charge is 0.336 e. The van der Waals surface area contributed by atoms with Gasteiger partial charge >= 0.3 is 5.63 Å². The highest BCUT2D eigenvalue weighted by Gasteiger charge is 2.19. The average Bonchev–Trinajstić information content (AvgIpc) is 2.63. The van der Waals surface area contributed by atoms with Crippen molar-refractivity contribution in [3.63, 3.8) is 0 Å². The molecule has 0 saturated carbocycles. The Balaban J connectivity index is 1.50. The molecule has 4 nitrogen and oxygen atoms in total. The van der Waals surface area contributed by atoms with E-state index in [1.165, 1.54) is 0 Å². The standard InChI is InChI=1S/C20H18Cl2N2O2/c21-15-2-1-3-17(11-15)24-8-6-23(7-9-24)13-14-10-20(25)26-19-5-4-16(22)12-18(14)19/h1-5,10-12H,6-9,13H2. The predicted octanol–water partition coefficient (Wildman–Crippen LogP) is 4.42. The zero-order valence-corrected chi connectivity index (χ0v) is 15.6. The fourth-order valence-corrected chi connectivity index (χ4v) is 3.77. The zero-order valence-electron chi connectivity index (χ0n) is 14.1. The molecule has 1 saturated heterocycles. The van der Waals surface area contributed by atoms with Gasteiger partial charge in [-0.2, -0.15) is 0 Å². The van der Waals surface area contributed by atoms with Crippen molar-refractivity contribution in [2.75, 3.05) is 31.1 Å². The van der Waals surface area contributed by atoms with E-state index in [1.807, 2.05) is 24.3 Å². The molecule has 0 unspecified atom stereocenters. The van der Waals surface area contributed by atoms with Crippen molar-refractivity contribution in [2.45, 2.75) is 6.54 Å². The monoisotopic (exact) mass is 388 g/mol. The largest absolute Gasteiger partial charge is 0.423 e. The van der Waals surface area contributed by atoms with E-state index < -0.39 is 0 Å². The van der Waals surface area contributed by atoms with Crippen molar-refractivity contribution >= 4 is 39.9 Å². The van der Waals surface area contributed by atoms with Crippen LogP contribution in [-0.4, -0.2) is 31.1 Å². The van der Waals surface area contributed by atoms with Crippen molar-refractivity contribution in [3.05, 3.63) is 74.6 Å². The van der Waals surface area contributed by atoms with Gasteiger partial charge in [0.25, 0.3) is 0 Å². The second kappa shape index (κ2) is 7.31. The van der Waals surface area contributed by atoms with E-state index in [0.717, 1.165) is 47.8 Å². The summed E-state index contributed by atoms with van der Waals surface area (Å²) in [6.45, 7) is 4.36. The van der Waals surface area contributed by atoms with Crippen LogP contribution in [0.25, 0.3) is 11.0 Å². The molecule has 0 aliphatic carbocycles. The third kappa shape index (κ3) is 3.73. The summed E-state index contributed by atoms with van der Waals surface area (Å²) in [5.41, 5.74) is 2.35. The quantitative estimate of drug-likeness (QED) is 0.622. The van der Waals surface area contributed by atoms with Crippen molar-refractivity contribution in [2.24, 2.45) is 0 Å². The summed E-state index contributed by atoms with van der Waals surface area (Å²) in [6.07, 6.45) is 0. The molecule has 26 heavy (non-hydrogen) atoms. The number of anilines is 1. The van der Waals surface area contributed by atoms with Crippen LogP contribution in [0.5, 0.6) is 0 Å². The van der Waals surface area contributed by atoms with Gasteiger partial charge < -0.3 is 9.32 Å². The van der Waals surface area contributed by atoms with E-state index in [-0.39, 0.29) is 5.63 Å². The maximum Gasteiger partial charge on any atom is 0.336 e. The Hall–Kier alpha value is -2.01. The van der Waals surface area contributed by atoms with E-state index >= 15 is 0 Å². The Morgan fingerprint density at radius 1 is 0.923 bits per heavy atom. The number of hydrogen-bond donors (Lipinski definition) is 0. The molecule has 6 heteroatoms. The molecule has 2 heterocycles. The molecule has 1 fully saturated rings. The highest BCUT2D eigenvalue weighted by Crippen LogP contribution is 2.24. The molecule has 4 rings (SSSR count). The normalized spacial score (nSPS) is 15.5. The Bertz CT molecular complexity index is 995. The molecule has 0 N–H and O–H groups in total. The lowest BCUT2D eigenvalue weighted by Crippen LogP contribution is -2.46. The van der Waals surface area contributed by atoms with Gasteiger partial charge in [0.05, 0.1) is 0 Å². The number of benzene rings is 2. The third-order valence-corrected chi connectivity index (χ3v) is 5.20. The highest BCUT2D eigenvalue weighted by atomic mass is 35.5. The summed E-state index contributed by atoms with van der Waals surface area (Å²) >= 11 is 12.2. The van der Waals surface area contributed by atoms with Crippen molar-refractivity contribution in [1.29, 1.82) is 0 Å². The Labute approximate surface area is 161 Å². The topological polar surface area (TPSA) is 36.7 Å². The molecule has 1 aliphatic heterocycles. The van der Waals surface area contributed by atoms with Gasteiger partial charge in [0.15, 0.2) is 0 Å². The van der Waals surface area contributed by atoms with Gasteiger partial charge in [-0.3, -0.25) is 4.90 Å². The summed E-state index contributed by atoms with van der Waals surface area (Å²) in [5.74, 6) is 0. The van der Waals surface area contributed by atoms with Gasteiger partial charge in [0.2, 0.25) is 0 Å². The van der Waals surface area contributed by atoms with E-state index in [1.54, 1.807) is 18.2 Å². The lowest BCUT2D eigenvalue weighted by molar-refractivity contribution is 0.250. The third-order valence-electron chi connectivity index (χ3n) is 4.73. The maximum absolute atomic E-state index is 11.9. The number of hydrogen-bond acceptors (Lipinski definition) is 4. The van der Waals surface area contributed by atoms with E-state index in [0.29, 0.717) is 17.2 Å². The molecular formula is C20H18Cl2N2O2. The molecule has 0 radical (unpaired) electrons. The van der Waals surface area contributed by atoms with E-state index in [4.69, 9.17) is 27.6 Å². The molecule has 2 aromatic carbocycles. The fourth-order valence-electron chi connectivity index (χ4n) is 3.41. The lowest BCUT2D eigenvalue weighted by Gasteiger charge is -2.36. The highest BCUT2D eigenvalue weighted by molar-refractivity contribution is 6.31. The molecule has 0 bridgehead atoms. The van der Waals surface area contributed by atoms with Crippen LogP contribution in [0.15, 0.2) is 57.7 Å². The molecule has 3 aromatic rings. The molecule has 0 spiro atoms. The van der Waals surface area contributed by atoms with E-state index in [9.17, 15) is 4.79 Å². The number of piperazine rings is 1. The van der Waals surface area contributed by atoms with Crippen molar-refractivity contribution in [1.82, 2.24) is 4.90 Å². The Morgan fingerprint density at radius 2 is 1.69 bits per heavy atom. The lowest BCUT2D eigenvalue weighted by atomic mass is 10.1. The van der Waals surface area contributed by atoms with Gasteiger partial charge in [-0.15, -0.1) is 0 Å². The van der Waals surface area contributed by atoms with E-state index in [2.05, 4.69) is 15.9 Å². The number of fused-ring (bicyclic) bond motifs is 1. The Kier molecular flexibility index (Phi) is 4.90. The van der Waals surface area contributed by atoms with Gasteiger partial charge in [0.1, 0.15) is 5.58 Å². The number of rotatable bonds is 3. The number of halogens is 2. The molecule has 0 amide bonds. The van der Waals surface area contributed by atoms with Crippen LogP contribution in [-0.2, 0) is 6.54 Å². The SMILES string of the molecule is O=c1cc(CN2CCN(c3cccc(Cl)c3)CC2)c2cc(Cl)ccc2o1. The predicted molar refractivity (Wildman–Crippen MR) is 106 cm³/mol. The van der Waals surface area contributed by atoms with Gasteiger partial charge in [0, 0.05) is 59.9 Å². The van der Waals surface area contributed by atoms with Crippen LogP contribution >= 0.6 is 23.2 Å². The summed E-state index contributed by atoms with van der Waals surface area (Å²) in [4.78, 5) is 16.5. The molecule has 134 valence electrons. The minimum Gasteiger partial charge on any atom is -0.423 e. The van der Waals surface area contributed by atoms with Crippen LogP contribution in [0.4, 0.5) is 5.69 Å². The number of nitrogens with zero attached hydrogens (tertiary/aromatic N) is 2. The molecule has 1 aliphatic rings. The second-order valence-electron chi connectivity index (χ2n) is 6.47.